The number of anilines is 2. The highest BCUT2D eigenvalue weighted by Crippen LogP contribution is 2.33. The van der Waals surface area contributed by atoms with Gasteiger partial charge in [-0.1, -0.05) is 29.5 Å². The van der Waals surface area contributed by atoms with Crippen LogP contribution in [-0.2, 0) is 4.79 Å². The van der Waals surface area contributed by atoms with Gasteiger partial charge in [0.1, 0.15) is 0 Å². The Morgan fingerprint density at radius 3 is 2.80 bits per heavy atom. The molecule has 2 aromatic carbocycles. The molecule has 0 atom stereocenters. The van der Waals surface area contributed by atoms with Crippen molar-refractivity contribution in [2.75, 3.05) is 23.3 Å². The number of fused-ring (bicyclic) bond motifs is 1. The lowest BCUT2D eigenvalue weighted by Crippen LogP contribution is -2.52. The summed E-state index contributed by atoms with van der Waals surface area (Å²) in [6, 6.07) is 12.3. The molecule has 1 amide bonds. The number of nitrogens with zero attached hydrogens (tertiary/aromatic N) is 2. The second-order valence-corrected chi connectivity index (χ2v) is 7.82. The Hall–Kier alpha value is -2.40. The van der Waals surface area contributed by atoms with Crippen LogP contribution in [0.2, 0.25) is 0 Å². The van der Waals surface area contributed by atoms with Crippen LogP contribution in [0.3, 0.4) is 0 Å². The molecule has 1 aliphatic rings. The van der Waals surface area contributed by atoms with E-state index in [1.807, 2.05) is 19.1 Å². The molecule has 2 heterocycles. The topological polar surface area (TPSA) is 45.2 Å². The summed E-state index contributed by atoms with van der Waals surface area (Å²) < 4.78 is 1.21. The quantitative estimate of drug-likeness (QED) is 0.765. The van der Waals surface area contributed by atoms with Crippen molar-refractivity contribution in [1.82, 2.24) is 4.98 Å². The molecule has 0 unspecified atom stereocenters. The van der Waals surface area contributed by atoms with Gasteiger partial charge in [-0.05, 0) is 55.7 Å². The Balaban J connectivity index is 1.42. The molecular formula is C20H21N3OS. The normalized spacial score (nSPS) is 14.6. The van der Waals surface area contributed by atoms with Crippen molar-refractivity contribution in [1.29, 1.82) is 0 Å². The molecule has 0 spiro atoms. The monoisotopic (exact) mass is 351 g/mol. The third kappa shape index (κ3) is 3.00. The molecular weight excluding hydrogens is 330 g/mol. The average Bonchev–Trinajstić information content (AvgIpc) is 2.92. The summed E-state index contributed by atoms with van der Waals surface area (Å²) in [6.45, 7) is 7.66. The molecule has 4 rings (SSSR count). The minimum absolute atomic E-state index is 0.0219. The minimum Gasteiger partial charge on any atom is -0.346 e. The van der Waals surface area contributed by atoms with Gasteiger partial charge in [0.15, 0.2) is 5.13 Å². The number of hydrogen-bond donors (Lipinski definition) is 1. The Bertz CT molecular complexity index is 957. The molecule has 4 nitrogen and oxygen atoms in total. The Kier molecular flexibility index (Phi) is 3.96. The fourth-order valence-corrected chi connectivity index (χ4v) is 4.16. The molecule has 128 valence electrons. The zero-order valence-electron chi connectivity index (χ0n) is 14.7. The number of hydrogen-bond acceptors (Lipinski definition) is 4. The lowest BCUT2D eigenvalue weighted by molar-refractivity contribution is -0.120. The van der Waals surface area contributed by atoms with Crippen LogP contribution in [0, 0.1) is 26.7 Å². The van der Waals surface area contributed by atoms with Crippen molar-refractivity contribution in [3.8, 4) is 0 Å². The molecule has 1 aliphatic heterocycles. The fourth-order valence-electron chi connectivity index (χ4n) is 3.08. The van der Waals surface area contributed by atoms with Crippen molar-refractivity contribution in [2.24, 2.45) is 5.92 Å². The Morgan fingerprint density at radius 2 is 2.00 bits per heavy atom. The fraction of sp³-hybridized carbons (Fsp3) is 0.300. The zero-order valence-corrected chi connectivity index (χ0v) is 15.5. The van der Waals surface area contributed by atoms with Gasteiger partial charge in [0.25, 0.3) is 0 Å². The smallest absolute Gasteiger partial charge is 0.231 e. The number of carbonyl (C=O) groups excluding carboxylic acids is 1. The van der Waals surface area contributed by atoms with E-state index in [-0.39, 0.29) is 11.8 Å². The summed E-state index contributed by atoms with van der Waals surface area (Å²) in [6.07, 6.45) is 0. The van der Waals surface area contributed by atoms with Crippen molar-refractivity contribution >= 4 is 38.3 Å². The van der Waals surface area contributed by atoms with Crippen LogP contribution in [0.15, 0.2) is 36.4 Å². The number of carbonyl (C=O) groups is 1. The summed E-state index contributed by atoms with van der Waals surface area (Å²) in [7, 11) is 0. The molecule has 25 heavy (non-hydrogen) atoms. The van der Waals surface area contributed by atoms with Gasteiger partial charge in [-0.25, -0.2) is 4.98 Å². The molecule has 0 saturated carbocycles. The number of benzene rings is 2. The molecule has 0 bridgehead atoms. The van der Waals surface area contributed by atoms with Crippen molar-refractivity contribution < 1.29 is 4.79 Å². The summed E-state index contributed by atoms with van der Waals surface area (Å²) in [5, 5.41) is 4.09. The van der Waals surface area contributed by atoms with Crippen LogP contribution in [-0.4, -0.2) is 24.0 Å². The van der Waals surface area contributed by atoms with Gasteiger partial charge >= 0.3 is 0 Å². The van der Waals surface area contributed by atoms with E-state index in [1.165, 1.54) is 15.8 Å². The highest BCUT2D eigenvalue weighted by Gasteiger charge is 2.34. The van der Waals surface area contributed by atoms with Crippen LogP contribution in [0.4, 0.5) is 10.8 Å². The second kappa shape index (κ2) is 6.15. The van der Waals surface area contributed by atoms with E-state index in [0.29, 0.717) is 0 Å². The van der Waals surface area contributed by atoms with Crippen LogP contribution in [0.25, 0.3) is 10.2 Å². The number of aromatic nitrogens is 1. The molecule has 5 heteroatoms. The average molecular weight is 351 g/mol. The summed E-state index contributed by atoms with van der Waals surface area (Å²) in [5.74, 6) is 0.121. The second-order valence-electron chi connectivity index (χ2n) is 6.81. The Morgan fingerprint density at radius 1 is 1.20 bits per heavy atom. The van der Waals surface area contributed by atoms with Crippen molar-refractivity contribution in [2.45, 2.75) is 20.8 Å². The predicted octanol–water partition coefficient (Wildman–Crippen LogP) is 4.30. The van der Waals surface area contributed by atoms with Gasteiger partial charge in [0.05, 0.1) is 16.1 Å². The maximum atomic E-state index is 12.5. The summed E-state index contributed by atoms with van der Waals surface area (Å²) in [4.78, 5) is 19.4. The van der Waals surface area contributed by atoms with Crippen LogP contribution < -0.4 is 10.2 Å². The van der Waals surface area contributed by atoms with Crippen LogP contribution in [0.1, 0.15) is 16.7 Å². The lowest BCUT2D eigenvalue weighted by atomic mass is 9.99. The Labute approximate surface area is 151 Å². The van der Waals surface area contributed by atoms with E-state index in [1.54, 1.807) is 11.3 Å². The first-order valence-corrected chi connectivity index (χ1v) is 9.32. The summed E-state index contributed by atoms with van der Waals surface area (Å²) >= 11 is 1.70. The highest BCUT2D eigenvalue weighted by atomic mass is 32.1. The molecule has 1 aromatic heterocycles. The number of thiazole rings is 1. The van der Waals surface area contributed by atoms with Crippen LogP contribution >= 0.6 is 11.3 Å². The van der Waals surface area contributed by atoms with Gasteiger partial charge < -0.3 is 10.2 Å². The molecule has 1 fully saturated rings. The molecule has 3 aromatic rings. The van der Waals surface area contributed by atoms with Crippen molar-refractivity contribution in [3.63, 3.8) is 0 Å². The summed E-state index contributed by atoms with van der Waals surface area (Å²) in [5.41, 5.74) is 5.52. The van der Waals surface area contributed by atoms with E-state index in [9.17, 15) is 4.79 Å². The highest BCUT2D eigenvalue weighted by molar-refractivity contribution is 7.22. The molecule has 1 N–H and O–H groups in total. The maximum Gasteiger partial charge on any atom is 0.231 e. The molecule has 0 aliphatic carbocycles. The van der Waals surface area contributed by atoms with Crippen LogP contribution in [0.5, 0.6) is 0 Å². The van der Waals surface area contributed by atoms with Gasteiger partial charge in [0.2, 0.25) is 5.91 Å². The van der Waals surface area contributed by atoms with E-state index < -0.39 is 0 Å². The van der Waals surface area contributed by atoms with Gasteiger partial charge in [-0.3, -0.25) is 4.79 Å². The number of amides is 1. The van der Waals surface area contributed by atoms with Gasteiger partial charge in [-0.15, -0.1) is 0 Å². The van der Waals surface area contributed by atoms with E-state index >= 15 is 0 Å². The SMILES string of the molecule is Cc1ccc2nc(N3CC(C(=O)Nc4cccc(C)c4C)C3)sc2c1. The standard InChI is InChI=1S/C20H21N3OS/c1-12-7-8-17-18(9-12)25-20(22-17)23-10-15(11-23)19(24)21-16-6-4-5-13(2)14(16)3/h4-9,15H,10-11H2,1-3H3,(H,21,24). The first kappa shape index (κ1) is 16.1. The van der Waals surface area contributed by atoms with E-state index in [2.05, 4.69) is 48.3 Å². The predicted molar refractivity (Wildman–Crippen MR) is 105 cm³/mol. The molecule has 1 saturated heterocycles. The largest absolute Gasteiger partial charge is 0.346 e. The van der Waals surface area contributed by atoms with Crippen molar-refractivity contribution in [3.05, 3.63) is 53.1 Å². The van der Waals surface area contributed by atoms with E-state index in [4.69, 9.17) is 4.98 Å². The minimum atomic E-state index is 0.0219. The first-order valence-electron chi connectivity index (χ1n) is 8.50. The number of rotatable bonds is 3. The third-order valence-corrected chi connectivity index (χ3v) is 6.00. The lowest BCUT2D eigenvalue weighted by Gasteiger charge is -2.38. The zero-order chi connectivity index (χ0) is 17.6. The van der Waals surface area contributed by atoms with E-state index in [0.717, 1.165) is 35.0 Å². The third-order valence-electron chi connectivity index (χ3n) is 4.92. The number of aryl methyl sites for hydroxylation is 2. The number of nitrogens with one attached hydrogen (secondary N) is 1. The maximum absolute atomic E-state index is 12.5. The van der Waals surface area contributed by atoms with Gasteiger partial charge in [0, 0.05) is 18.8 Å². The first-order chi connectivity index (χ1) is 12.0. The molecule has 0 radical (unpaired) electrons. The van der Waals surface area contributed by atoms with Gasteiger partial charge in [-0.2, -0.15) is 0 Å².